The monoisotopic (exact) mass is 392 g/mol. The highest BCUT2D eigenvalue weighted by molar-refractivity contribution is 5.97. The Kier molecular flexibility index (Phi) is 7.13. The fourth-order valence-electron chi connectivity index (χ4n) is 2.87. The summed E-state index contributed by atoms with van der Waals surface area (Å²) >= 11 is 0. The predicted molar refractivity (Wildman–Crippen MR) is 96.7 cm³/mol. The summed E-state index contributed by atoms with van der Waals surface area (Å²) in [6.07, 6.45) is -2.47. The molecule has 1 amide bonds. The van der Waals surface area contributed by atoms with E-state index in [4.69, 9.17) is 10.5 Å². The van der Waals surface area contributed by atoms with Crippen molar-refractivity contribution >= 4 is 18.3 Å². The Morgan fingerprint density at radius 3 is 2.65 bits per heavy atom. The van der Waals surface area contributed by atoms with Gasteiger partial charge >= 0.3 is 6.18 Å². The molecule has 0 spiro atoms. The third-order valence-electron chi connectivity index (χ3n) is 4.49. The molecule has 4 nitrogen and oxygen atoms in total. The van der Waals surface area contributed by atoms with Gasteiger partial charge in [-0.1, -0.05) is 26.5 Å². The summed E-state index contributed by atoms with van der Waals surface area (Å²) in [6, 6.07) is 2.88. The molecule has 8 heteroatoms. The van der Waals surface area contributed by atoms with Crippen LogP contribution in [0.2, 0.25) is 0 Å². The van der Waals surface area contributed by atoms with Gasteiger partial charge in [0, 0.05) is 19.1 Å². The average molecular weight is 393 g/mol. The highest BCUT2D eigenvalue weighted by Crippen LogP contribution is 2.34. The molecule has 1 aromatic rings. The Morgan fingerprint density at radius 2 is 2.12 bits per heavy atom. The summed E-state index contributed by atoms with van der Waals surface area (Å²) in [6.45, 7) is 8.28. The maximum Gasteiger partial charge on any atom is 0.416 e. The largest absolute Gasteiger partial charge is 0.489 e. The first-order chi connectivity index (χ1) is 11.6. The number of carbonyl (C=O) groups excluding carboxylic acids is 1. The molecule has 2 rings (SSSR count). The van der Waals surface area contributed by atoms with Crippen LogP contribution in [0.25, 0.3) is 0 Å². The molecule has 0 aromatic heterocycles. The van der Waals surface area contributed by atoms with Crippen LogP contribution in [-0.4, -0.2) is 36.5 Å². The number of ether oxygens (including phenoxy) is 1. The molecule has 0 aliphatic carbocycles. The van der Waals surface area contributed by atoms with Gasteiger partial charge in [0.15, 0.2) is 0 Å². The van der Waals surface area contributed by atoms with Crippen LogP contribution in [0.5, 0.6) is 5.75 Å². The van der Waals surface area contributed by atoms with Crippen molar-refractivity contribution in [2.24, 2.45) is 11.1 Å². The first-order valence-corrected chi connectivity index (χ1v) is 8.06. The molecular formula is C18H24ClF3N2O2. The van der Waals surface area contributed by atoms with Crippen molar-refractivity contribution in [3.8, 4) is 5.75 Å². The lowest BCUT2D eigenvalue weighted by atomic mass is 9.79. The molecule has 1 heterocycles. The third-order valence-corrected chi connectivity index (χ3v) is 4.49. The zero-order valence-electron chi connectivity index (χ0n) is 14.8. The molecule has 0 saturated carbocycles. The molecule has 0 bridgehead atoms. The number of amides is 1. The van der Waals surface area contributed by atoms with E-state index in [0.717, 1.165) is 12.1 Å². The third kappa shape index (κ3) is 4.92. The minimum absolute atomic E-state index is 0. The van der Waals surface area contributed by atoms with E-state index in [0.29, 0.717) is 19.5 Å². The van der Waals surface area contributed by atoms with Crippen LogP contribution in [0, 0.1) is 5.41 Å². The number of alkyl halides is 3. The first kappa shape index (κ1) is 22.3. The lowest BCUT2D eigenvalue weighted by Gasteiger charge is -2.42. The van der Waals surface area contributed by atoms with Crippen molar-refractivity contribution in [1.82, 2.24) is 4.90 Å². The van der Waals surface area contributed by atoms with Gasteiger partial charge in [-0.25, -0.2) is 0 Å². The fraction of sp³-hybridized carbons (Fsp3) is 0.500. The number of hydrogen-bond donors (Lipinski definition) is 1. The van der Waals surface area contributed by atoms with E-state index in [1.807, 2.05) is 13.8 Å². The van der Waals surface area contributed by atoms with Crippen molar-refractivity contribution in [1.29, 1.82) is 0 Å². The smallest absolute Gasteiger partial charge is 0.416 e. The number of rotatable bonds is 4. The number of benzene rings is 1. The highest BCUT2D eigenvalue weighted by atomic mass is 35.5. The standard InChI is InChI=1S/C18H23F3N2O2.ClH/c1-4-9-25-14-6-5-12(18(19,20)21)10-13(14)16(24)23-8-7-15(22)17(2,3)11-23;/h4-6,10,15H,1,7-9,11,22H2,2-3H3;1H. The van der Waals surface area contributed by atoms with E-state index in [-0.39, 0.29) is 41.8 Å². The van der Waals surface area contributed by atoms with Crippen molar-refractivity contribution in [2.45, 2.75) is 32.5 Å². The van der Waals surface area contributed by atoms with Crippen LogP contribution in [-0.2, 0) is 6.18 Å². The van der Waals surface area contributed by atoms with Gasteiger partial charge < -0.3 is 15.4 Å². The van der Waals surface area contributed by atoms with Gasteiger partial charge in [0.2, 0.25) is 0 Å². The number of piperidine rings is 1. The maximum absolute atomic E-state index is 13.0. The fourth-order valence-corrected chi connectivity index (χ4v) is 2.87. The molecule has 1 aromatic carbocycles. The van der Waals surface area contributed by atoms with E-state index < -0.39 is 17.6 Å². The molecule has 1 aliphatic rings. The number of nitrogens with zero attached hydrogens (tertiary/aromatic N) is 1. The van der Waals surface area contributed by atoms with Gasteiger partial charge in [-0.3, -0.25) is 4.79 Å². The van der Waals surface area contributed by atoms with Gasteiger partial charge in [-0.05, 0) is 30.0 Å². The van der Waals surface area contributed by atoms with Crippen molar-refractivity contribution < 1.29 is 22.7 Å². The van der Waals surface area contributed by atoms with Gasteiger partial charge in [-0.2, -0.15) is 13.2 Å². The highest BCUT2D eigenvalue weighted by Gasteiger charge is 2.37. The Balaban J connectivity index is 0.00000338. The Morgan fingerprint density at radius 1 is 1.46 bits per heavy atom. The van der Waals surface area contributed by atoms with Crippen LogP contribution in [0.3, 0.4) is 0 Å². The van der Waals surface area contributed by atoms with Crippen LogP contribution in [0.1, 0.15) is 36.2 Å². The summed E-state index contributed by atoms with van der Waals surface area (Å²) in [7, 11) is 0. The van der Waals surface area contributed by atoms with E-state index in [9.17, 15) is 18.0 Å². The van der Waals surface area contributed by atoms with Crippen molar-refractivity contribution in [2.75, 3.05) is 19.7 Å². The quantitative estimate of drug-likeness (QED) is 0.791. The molecule has 1 unspecified atom stereocenters. The summed E-state index contributed by atoms with van der Waals surface area (Å²) in [5.41, 5.74) is 4.79. The molecule has 1 aliphatic heterocycles. The maximum atomic E-state index is 13.0. The minimum Gasteiger partial charge on any atom is -0.489 e. The SMILES string of the molecule is C=CCOc1ccc(C(F)(F)F)cc1C(=O)N1CCC(N)C(C)(C)C1.Cl. The van der Waals surface area contributed by atoms with Gasteiger partial charge in [0.1, 0.15) is 12.4 Å². The first-order valence-electron chi connectivity index (χ1n) is 8.06. The number of hydrogen-bond acceptors (Lipinski definition) is 3. The molecule has 26 heavy (non-hydrogen) atoms. The number of carbonyl (C=O) groups is 1. The minimum atomic E-state index is -4.53. The van der Waals surface area contributed by atoms with E-state index >= 15 is 0 Å². The van der Waals surface area contributed by atoms with Gasteiger partial charge in [-0.15, -0.1) is 12.4 Å². The van der Waals surface area contributed by atoms with Crippen molar-refractivity contribution in [3.63, 3.8) is 0 Å². The Labute approximate surface area is 157 Å². The topological polar surface area (TPSA) is 55.6 Å². The second-order valence-electron chi connectivity index (χ2n) is 6.92. The van der Waals surface area contributed by atoms with Crippen LogP contribution in [0.15, 0.2) is 30.9 Å². The zero-order valence-corrected chi connectivity index (χ0v) is 15.6. The van der Waals surface area contributed by atoms with Crippen molar-refractivity contribution in [3.05, 3.63) is 42.0 Å². The molecular weight excluding hydrogens is 369 g/mol. The van der Waals surface area contributed by atoms with E-state index in [2.05, 4.69) is 6.58 Å². The number of halogens is 4. The molecule has 146 valence electrons. The summed E-state index contributed by atoms with van der Waals surface area (Å²) in [5.74, 6) is -0.365. The molecule has 1 atom stereocenters. The van der Waals surface area contributed by atoms with Crippen LogP contribution >= 0.6 is 12.4 Å². The van der Waals surface area contributed by atoms with E-state index in [1.54, 1.807) is 4.90 Å². The summed E-state index contributed by atoms with van der Waals surface area (Å²) in [4.78, 5) is 14.4. The van der Waals surface area contributed by atoms with Crippen LogP contribution < -0.4 is 10.5 Å². The number of likely N-dealkylation sites (tertiary alicyclic amines) is 1. The van der Waals surface area contributed by atoms with Gasteiger partial charge in [0.25, 0.3) is 5.91 Å². The average Bonchev–Trinajstić information content (AvgIpc) is 2.53. The predicted octanol–water partition coefficient (Wildman–Crippen LogP) is 3.89. The van der Waals surface area contributed by atoms with Crippen LogP contribution in [0.4, 0.5) is 13.2 Å². The lowest BCUT2D eigenvalue weighted by molar-refractivity contribution is -0.137. The molecule has 1 saturated heterocycles. The van der Waals surface area contributed by atoms with E-state index in [1.165, 1.54) is 12.1 Å². The number of nitrogens with two attached hydrogens (primary N) is 1. The second-order valence-corrected chi connectivity index (χ2v) is 6.92. The normalized spacial score (nSPS) is 19.5. The Bertz CT molecular complexity index is 662. The Hall–Kier alpha value is -1.73. The molecule has 0 radical (unpaired) electrons. The summed E-state index contributed by atoms with van der Waals surface area (Å²) in [5, 5.41) is 0. The lowest BCUT2D eigenvalue weighted by Crippen LogP contribution is -2.54. The second kappa shape index (κ2) is 8.31. The molecule has 1 fully saturated rings. The summed E-state index contributed by atoms with van der Waals surface area (Å²) < 4.78 is 44.5. The van der Waals surface area contributed by atoms with Gasteiger partial charge in [0.05, 0.1) is 11.1 Å². The molecule has 2 N–H and O–H groups in total. The zero-order chi connectivity index (χ0) is 18.8.